The second-order valence-corrected chi connectivity index (χ2v) is 4.78. The first kappa shape index (κ1) is 11.4. The van der Waals surface area contributed by atoms with Crippen molar-refractivity contribution in [2.75, 3.05) is 25.5 Å². The van der Waals surface area contributed by atoms with Gasteiger partial charge in [0.1, 0.15) is 5.82 Å². The van der Waals surface area contributed by atoms with Gasteiger partial charge in [-0.05, 0) is 44.4 Å². The lowest BCUT2D eigenvalue weighted by molar-refractivity contribution is 0.649. The Kier molecular flexibility index (Phi) is 3.44. The molecule has 1 aromatic rings. The molecule has 0 spiro atoms. The Morgan fingerprint density at radius 3 is 2.75 bits per heavy atom. The number of hydrogen-bond acceptors (Lipinski definition) is 3. The molecule has 16 heavy (non-hydrogen) atoms. The number of hydrogen-bond donors (Lipinski definition) is 1. The van der Waals surface area contributed by atoms with Crippen molar-refractivity contribution >= 4 is 5.82 Å². The summed E-state index contributed by atoms with van der Waals surface area (Å²) in [6.45, 7) is 3.29. The maximum absolute atomic E-state index is 4.51. The molecule has 1 saturated carbocycles. The molecular formula is C13H21N3. The minimum absolute atomic E-state index is 0.371. The van der Waals surface area contributed by atoms with Crippen molar-refractivity contribution in [3.8, 4) is 0 Å². The molecule has 0 aliphatic heterocycles. The summed E-state index contributed by atoms with van der Waals surface area (Å²) in [5.41, 5.74) is 1.24. The predicted octanol–water partition coefficient (Wildman–Crippen LogP) is 2.21. The highest BCUT2D eigenvalue weighted by Crippen LogP contribution is 2.30. The molecule has 1 aliphatic carbocycles. The van der Waals surface area contributed by atoms with E-state index in [1.165, 1.54) is 18.4 Å². The summed E-state index contributed by atoms with van der Waals surface area (Å²) >= 11 is 0. The predicted molar refractivity (Wildman–Crippen MR) is 67.7 cm³/mol. The Labute approximate surface area is 97.9 Å². The fourth-order valence-electron chi connectivity index (χ4n) is 1.83. The van der Waals surface area contributed by atoms with E-state index >= 15 is 0 Å². The van der Waals surface area contributed by atoms with E-state index in [-0.39, 0.29) is 0 Å². The molecule has 1 aromatic heterocycles. The van der Waals surface area contributed by atoms with Crippen molar-refractivity contribution in [2.24, 2.45) is 5.92 Å². The van der Waals surface area contributed by atoms with E-state index < -0.39 is 0 Å². The van der Waals surface area contributed by atoms with E-state index in [0.717, 1.165) is 18.3 Å². The Balaban J connectivity index is 1.99. The molecular weight excluding hydrogens is 198 g/mol. The second-order valence-electron chi connectivity index (χ2n) is 4.78. The highest BCUT2D eigenvalue weighted by molar-refractivity contribution is 5.39. The number of rotatable bonds is 5. The normalized spacial score (nSPS) is 17.2. The number of nitrogens with zero attached hydrogens (tertiary/aromatic N) is 2. The fourth-order valence-corrected chi connectivity index (χ4v) is 1.83. The molecule has 1 fully saturated rings. The molecule has 0 bridgehead atoms. The molecule has 1 aliphatic rings. The molecule has 1 unspecified atom stereocenters. The van der Waals surface area contributed by atoms with Gasteiger partial charge in [-0.25, -0.2) is 4.98 Å². The quantitative estimate of drug-likeness (QED) is 0.823. The van der Waals surface area contributed by atoms with E-state index in [1.807, 2.05) is 13.2 Å². The van der Waals surface area contributed by atoms with Crippen LogP contribution in [-0.2, 0) is 0 Å². The van der Waals surface area contributed by atoms with Gasteiger partial charge in [-0.3, -0.25) is 0 Å². The van der Waals surface area contributed by atoms with Crippen LogP contribution in [0, 0.1) is 5.92 Å². The lowest BCUT2D eigenvalue weighted by Gasteiger charge is -2.18. The molecule has 0 amide bonds. The maximum atomic E-state index is 4.51. The topological polar surface area (TPSA) is 28.2 Å². The van der Waals surface area contributed by atoms with Crippen LogP contribution >= 0.6 is 0 Å². The number of pyridine rings is 1. The largest absolute Gasteiger partial charge is 0.359 e. The summed E-state index contributed by atoms with van der Waals surface area (Å²) in [6, 6.07) is 4.65. The standard InChI is InChI=1S/C13H21N3/c1-10(14-2)12-6-7-13(15-8-12)16(3)9-11-4-5-11/h6-8,10-11,14H,4-5,9H2,1-3H3. The van der Waals surface area contributed by atoms with Crippen molar-refractivity contribution in [1.82, 2.24) is 10.3 Å². The van der Waals surface area contributed by atoms with Gasteiger partial charge >= 0.3 is 0 Å². The summed E-state index contributed by atoms with van der Waals surface area (Å²) < 4.78 is 0. The van der Waals surface area contributed by atoms with Crippen LogP contribution in [0.5, 0.6) is 0 Å². The van der Waals surface area contributed by atoms with Crippen molar-refractivity contribution in [2.45, 2.75) is 25.8 Å². The van der Waals surface area contributed by atoms with Crippen LogP contribution in [0.3, 0.4) is 0 Å². The fraction of sp³-hybridized carbons (Fsp3) is 0.615. The van der Waals surface area contributed by atoms with Gasteiger partial charge in [0.15, 0.2) is 0 Å². The molecule has 0 aromatic carbocycles. The third-order valence-electron chi connectivity index (χ3n) is 3.32. The molecule has 1 atom stereocenters. The van der Waals surface area contributed by atoms with Crippen molar-refractivity contribution in [1.29, 1.82) is 0 Å². The Morgan fingerprint density at radius 1 is 1.50 bits per heavy atom. The molecule has 0 saturated heterocycles. The average molecular weight is 219 g/mol. The van der Waals surface area contributed by atoms with Crippen LogP contribution in [0.2, 0.25) is 0 Å². The van der Waals surface area contributed by atoms with E-state index in [4.69, 9.17) is 0 Å². The first-order chi connectivity index (χ1) is 7.70. The van der Waals surface area contributed by atoms with Crippen LogP contribution in [0.15, 0.2) is 18.3 Å². The zero-order valence-electron chi connectivity index (χ0n) is 10.4. The highest BCUT2D eigenvalue weighted by Gasteiger charge is 2.23. The SMILES string of the molecule is CNC(C)c1ccc(N(C)CC2CC2)nc1. The molecule has 1 N–H and O–H groups in total. The number of aromatic nitrogens is 1. The molecule has 0 radical (unpaired) electrons. The van der Waals surface area contributed by atoms with Gasteiger partial charge in [0.05, 0.1) is 0 Å². The summed E-state index contributed by atoms with van der Waals surface area (Å²) in [4.78, 5) is 6.77. The van der Waals surface area contributed by atoms with Gasteiger partial charge in [0.2, 0.25) is 0 Å². The van der Waals surface area contributed by atoms with E-state index in [1.54, 1.807) is 0 Å². The van der Waals surface area contributed by atoms with Crippen LogP contribution in [0.25, 0.3) is 0 Å². The van der Waals surface area contributed by atoms with Crippen molar-refractivity contribution < 1.29 is 0 Å². The monoisotopic (exact) mass is 219 g/mol. The van der Waals surface area contributed by atoms with Crippen molar-refractivity contribution in [3.63, 3.8) is 0 Å². The molecule has 3 nitrogen and oxygen atoms in total. The Morgan fingerprint density at radius 2 is 2.25 bits per heavy atom. The first-order valence-corrected chi connectivity index (χ1v) is 6.05. The number of anilines is 1. The van der Waals surface area contributed by atoms with Crippen LogP contribution in [-0.4, -0.2) is 25.6 Å². The van der Waals surface area contributed by atoms with E-state index in [9.17, 15) is 0 Å². The molecule has 3 heteroatoms. The molecule has 88 valence electrons. The molecule has 2 rings (SSSR count). The summed E-state index contributed by atoms with van der Waals surface area (Å²) in [5.74, 6) is 1.99. The lowest BCUT2D eigenvalue weighted by Crippen LogP contribution is -2.21. The highest BCUT2D eigenvalue weighted by atomic mass is 15.2. The van der Waals surface area contributed by atoms with E-state index in [0.29, 0.717) is 6.04 Å². The maximum Gasteiger partial charge on any atom is 0.128 e. The second kappa shape index (κ2) is 4.83. The minimum atomic E-state index is 0.371. The molecule has 1 heterocycles. The van der Waals surface area contributed by atoms with Gasteiger partial charge in [-0.2, -0.15) is 0 Å². The average Bonchev–Trinajstić information content (AvgIpc) is 3.12. The zero-order valence-corrected chi connectivity index (χ0v) is 10.4. The first-order valence-electron chi connectivity index (χ1n) is 6.05. The van der Waals surface area contributed by atoms with Crippen LogP contribution in [0.1, 0.15) is 31.4 Å². The van der Waals surface area contributed by atoms with Crippen LogP contribution < -0.4 is 10.2 Å². The Hall–Kier alpha value is -1.09. The third kappa shape index (κ3) is 2.73. The lowest BCUT2D eigenvalue weighted by atomic mass is 10.1. The summed E-state index contributed by atoms with van der Waals surface area (Å²) in [5, 5.41) is 3.22. The number of nitrogens with one attached hydrogen (secondary N) is 1. The van der Waals surface area contributed by atoms with Gasteiger partial charge in [-0.15, -0.1) is 0 Å². The third-order valence-corrected chi connectivity index (χ3v) is 3.32. The zero-order chi connectivity index (χ0) is 11.5. The van der Waals surface area contributed by atoms with Gasteiger partial charge in [0.25, 0.3) is 0 Å². The van der Waals surface area contributed by atoms with Gasteiger partial charge < -0.3 is 10.2 Å². The smallest absolute Gasteiger partial charge is 0.128 e. The minimum Gasteiger partial charge on any atom is -0.359 e. The van der Waals surface area contributed by atoms with E-state index in [2.05, 4.69) is 41.3 Å². The summed E-state index contributed by atoms with van der Waals surface area (Å²) in [7, 11) is 4.10. The summed E-state index contributed by atoms with van der Waals surface area (Å²) in [6.07, 6.45) is 4.75. The van der Waals surface area contributed by atoms with Crippen molar-refractivity contribution in [3.05, 3.63) is 23.9 Å². The van der Waals surface area contributed by atoms with Gasteiger partial charge in [0, 0.05) is 25.8 Å². The Bertz CT molecular complexity index is 330. The van der Waals surface area contributed by atoms with Gasteiger partial charge in [-0.1, -0.05) is 6.07 Å². The van der Waals surface area contributed by atoms with Crippen LogP contribution in [0.4, 0.5) is 5.82 Å².